The van der Waals surface area contributed by atoms with Crippen molar-refractivity contribution in [3.8, 4) is 6.07 Å². The third kappa shape index (κ3) is 3.66. The monoisotopic (exact) mass is 283 g/mol. The average molecular weight is 283 g/mol. The minimum absolute atomic E-state index is 0.112. The zero-order valence-corrected chi connectivity index (χ0v) is 12.3. The lowest BCUT2D eigenvalue weighted by atomic mass is 9.96. The van der Waals surface area contributed by atoms with Gasteiger partial charge in [-0.15, -0.1) is 5.10 Å². The van der Waals surface area contributed by atoms with E-state index in [9.17, 15) is 4.79 Å². The fourth-order valence-corrected chi connectivity index (χ4v) is 1.68. The summed E-state index contributed by atoms with van der Waals surface area (Å²) in [6.07, 6.45) is 0.351. The quantitative estimate of drug-likeness (QED) is 0.904. The molecule has 6 heteroatoms. The van der Waals surface area contributed by atoms with E-state index in [4.69, 9.17) is 5.26 Å². The van der Waals surface area contributed by atoms with Crippen LogP contribution < -0.4 is 5.32 Å². The summed E-state index contributed by atoms with van der Waals surface area (Å²) in [6, 6.07) is 9.19. The van der Waals surface area contributed by atoms with Gasteiger partial charge in [0.25, 0.3) is 5.91 Å². The van der Waals surface area contributed by atoms with Crippen LogP contribution in [-0.2, 0) is 11.8 Å². The highest BCUT2D eigenvalue weighted by molar-refractivity contribution is 6.01. The zero-order valence-electron chi connectivity index (χ0n) is 12.3. The maximum absolute atomic E-state index is 12.1. The van der Waals surface area contributed by atoms with Gasteiger partial charge in [-0.1, -0.05) is 32.9 Å². The van der Waals surface area contributed by atoms with Crippen LogP contribution in [0.2, 0.25) is 0 Å². The second-order valence-corrected chi connectivity index (χ2v) is 5.74. The molecule has 0 saturated carbocycles. The maximum atomic E-state index is 12.1. The largest absolute Gasteiger partial charge is 0.319 e. The molecule has 1 aromatic carbocycles. The topological polar surface area (TPSA) is 94.5 Å². The van der Waals surface area contributed by atoms with Crippen LogP contribution in [0.3, 0.4) is 0 Å². The molecule has 2 N–H and O–H groups in total. The summed E-state index contributed by atoms with van der Waals surface area (Å²) in [4.78, 5) is 16.3. The SMILES string of the molecule is CC(C)(C)c1nc(C(=O)Nc2ccc(CC#N)cc2)n[nH]1. The third-order valence-electron chi connectivity index (χ3n) is 2.89. The highest BCUT2D eigenvalue weighted by atomic mass is 16.2. The minimum Gasteiger partial charge on any atom is -0.319 e. The average Bonchev–Trinajstić information content (AvgIpc) is 2.91. The van der Waals surface area contributed by atoms with Gasteiger partial charge in [0.1, 0.15) is 5.82 Å². The molecule has 1 heterocycles. The lowest BCUT2D eigenvalue weighted by Crippen LogP contribution is -2.16. The molecule has 0 aliphatic carbocycles. The first-order chi connectivity index (χ1) is 9.90. The fourth-order valence-electron chi connectivity index (χ4n) is 1.68. The van der Waals surface area contributed by atoms with E-state index in [1.807, 2.05) is 20.8 Å². The van der Waals surface area contributed by atoms with Gasteiger partial charge in [0.15, 0.2) is 0 Å². The van der Waals surface area contributed by atoms with Crippen molar-refractivity contribution >= 4 is 11.6 Å². The number of carbonyl (C=O) groups excluding carboxylic acids is 1. The summed E-state index contributed by atoms with van der Waals surface area (Å²) < 4.78 is 0. The molecule has 2 aromatic rings. The Hall–Kier alpha value is -2.68. The van der Waals surface area contributed by atoms with Crippen LogP contribution >= 0.6 is 0 Å². The standard InChI is InChI=1S/C15H17N5O/c1-15(2,3)14-18-12(19-20-14)13(21)17-11-6-4-10(5-7-11)8-9-16/h4-7H,8H2,1-3H3,(H,17,21)(H,18,19,20). The van der Waals surface area contributed by atoms with Crippen LogP contribution in [0.1, 0.15) is 42.8 Å². The molecular weight excluding hydrogens is 266 g/mol. The van der Waals surface area contributed by atoms with Gasteiger partial charge < -0.3 is 5.32 Å². The minimum atomic E-state index is -0.366. The van der Waals surface area contributed by atoms with Crippen LogP contribution in [0.25, 0.3) is 0 Å². The fraction of sp³-hybridized carbons (Fsp3) is 0.333. The number of rotatable bonds is 3. The van der Waals surface area contributed by atoms with Crippen molar-refractivity contribution in [2.75, 3.05) is 5.32 Å². The molecule has 108 valence electrons. The number of benzene rings is 1. The Morgan fingerprint density at radius 2 is 2.00 bits per heavy atom. The van der Waals surface area contributed by atoms with E-state index in [0.717, 1.165) is 5.56 Å². The Bertz CT molecular complexity index is 673. The number of anilines is 1. The zero-order chi connectivity index (χ0) is 15.5. The van der Waals surface area contributed by atoms with Gasteiger partial charge >= 0.3 is 0 Å². The molecule has 0 aliphatic rings. The maximum Gasteiger partial charge on any atom is 0.295 e. The molecule has 0 spiro atoms. The summed E-state index contributed by atoms with van der Waals surface area (Å²) in [6.45, 7) is 5.97. The molecule has 1 amide bonds. The Morgan fingerprint density at radius 3 is 2.52 bits per heavy atom. The lowest BCUT2D eigenvalue weighted by Gasteiger charge is -2.12. The summed E-state index contributed by atoms with van der Waals surface area (Å²) in [7, 11) is 0. The van der Waals surface area contributed by atoms with Crippen molar-refractivity contribution in [1.82, 2.24) is 15.2 Å². The first kappa shape index (κ1) is 14.7. The van der Waals surface area contributed by atoms with Crippen molar-refractivity contribution in [3.05, 3.63) is 41.5 Å². The van der Waals surface area contributed by atoms with E-state index >= 15 is 0 Å². The highest BCUT2D eigenvalue weighted by Gasteiger charge is 2.21. The molecule has 0 bridgehead atoms. The second-order valence-electron chi connectivity index (χ2n) is 5.74. The van der Waals surface area contributed by atoms with Gasteiger partial charge in [-0.05, 0) is 17.7 Å². The number of nitrogens with one attached hydrogen (secondary N) is 2. The van der Waals surface area contributed by atoms with Gasteiger partial charge in [-0.3, -0.25) is 9.89 Å². The molecule has 0 atom stereocenters. The first-order valence-electron chi connectivity index (χ1n) is 6.60. The van der Waals surface area contributed by atoms with E-state index in [-0.39, 0.29) is 17.1 Å². The number of nitriles is 1. The van der Waals surface area contributed by atoms with Gasteiger partial charge in [0.2, 0.25) is 5.82 Å². The smallest absolute Gasteiger partial charge is 0.295 e. The van der Waals surface area contributed by atoms with Crippen molar-refractivity contribution in [3.63, 3.8) is 0 Å². The van der Waals surface area contributed by atoms with E-state index in [2.05, 4.69) is 26.6 Å². The van der Waals surface area contributed by atoms with E-state index in [1.54, 1.807) is 24.3 Å². The predicted molar refractivity (Wildman–Crippen MR) is 78.8 cm³/mol. The lowest BCUT2D eigenvalue weighted by molar-refractivity contribution is 0.101. The predicted octanol–water partition coefficient (Wildman–Crippen LogP) is 2.42. The number of carbonyl (C=O) groups is 1. The third-order valence-corrected chi connectivity index (χ3v) is 2.89. The highest BCUT2D eigenvalue weighted by Crippen LogP contribution is 2.17. The number of nitrogens with zero attached hydrogens (tertiary/aromatic N) is 3. The molecule has 1 aromatic heterocycles. The molecule has 2 rings (SSSR count). The van der Waals surface area contributed by atoms with E-state index in [1.165, 1.54) is 0 Å². The number of H-pyrrole nitrogens is 1. The first-order valence-corrected chi connectivity index (χ1v) is 6.60. The molecule has 0 aliphatic heterocycles. The molecule has 21 heavy (non-hydrogen) atoms. The Labute approximate surface area is 123 Å². The molecule has 0 unspecified atom stereocenters. The summed E-state index contributed by atoms with van der Waals surface area (Å²) in [5, 5.41) is 18.1. The van der Waals surface area contributed by atoms with Crippen molar-refractivity contribution in [2.45, 2.75) is 32.6 Å². The summed E-state index contributed by atoms with van der Waals surface area (Å²) in [5.41, 5.74) is 1.36. The molecule has 6 nitrogen and oxygen atoms in total. The molecule has 0 saturated heterocycles. The number of amides is 1. The van der Waals surface area contributed by atoms with Gasteiger partial charge in [0.05, 0.1) is 12.5 Å². The summed E-state index contributed by atoms with van der Waals surface area (Å²) in [5.74, 6) is 0.410. The van der Waals surface area contributed by atoms with Crippen molar-refractivity contribution in [2.24, 2.45) is 0 Å². The van der Waals surface area contributed by atoms with E-state index < -0.39 is 0 Å². The van der Waals surface area contributed by atoms with Crippen LogP contribution in [0.15, 0.2) is 24.3 Å². The van der Waals surface area contributed by atoms with Crippen molar-refractivity contribution in [1.29, 1.82) is 5.26 Å². The van der Waals surface area contributed by atoms with Crippen LogP contribution in [0.5, 0.6) is 0 Å². The number of hydrogen-bond acceptors (Lipinski definition) is 4. The molecular formula is C15H17N5O. The van der Waals surface area contributed by atoms with Gasteiger partial charge in [0, 0.05) is 11.1 Å². The van der Waals surface area contributed by atoms with Gasteiger partial charge in [-0.25, -0.2) is 4.98 Å². The van der Waals surface area contributed by atoms with Gasteiger partial charge in [-0.2, -0.15) is 5.26 Å². The molecule has 0 radical (unpaired) electrons. The van der Waals surface area contributed by atoms with Crippen LogP contribution in [-0.4, -0.2) is 21.1 Å². The van der Waals surface area contributed by atoms with Crippen molar-refractivity contribution < 1.29 is 4.79 Å². The van der Waals surface area contributed by atoms with E-state index in [0.29, 0.717) is 17.9 Å². The molecule has 0 fully saturated rings. The Kier molecular flexibility index (Phi) is 4.03. The second kappa shape index (κ2) is 5.75. The normalized spacial score (nSPS) is 11.0. The Balaban J connectivity index is 2.07. The number of aromatic nitrogens is 3. The number of aromatic amines is 1. The summed E-state index contributed by atoms with van der Waals surface area (Å²) >= 11 is 0. The van der Waals surface area contributed by atoms with Crippen LogP contribution in [0.4, 0.5) is 5.69 Å². The Morgan fingerprint density at radius 1 is 1.33 bits per heavy atom. The number of hydrogen-bond donors (Lipinski definition) is 2. The van der Waals surface area contributed by atoms with Crippen LogP contribution in [0, 0.1) is 11.3 Å².